The third-order valence-corrected chi connectivity index (χ3v) is 6.29. The van der Waals surface area contributed by atoms with Crippen LogP contribution in [0.2, 0.25) is 10.0 Å². The van der Waals surface area contributed by atoms with Gasteiger partial charge in [-0.25, -0.2) is 9.37 Å². The lowest BCUT2D eigenvalue weighted by Crippen LogP contribution is -2.49. The zero-order valence-corrected chi connectivity index (χ0v) is 21.6. The standard InChI is InChI=1S/C25H22B2Cl2FN3O3/c1-24(2,3)25(26,27)36-19-11-14(15-10-13(21(31)34)8-9-16(15)28)12-32-22(19)33(4)23(35)20-17(29)6-5-7-18(20)30/h5-12H,1-4H3,(H2,31,34). The van der Waals surface area contributed by atoms with Crippen LogP contribution in [-0.2, 0) is 0 Å². The highest BCUT2D eigenvalue weighted by molar-refractivity contribution is 6.40. The molecule has 0 unspecified atom stereocenters. The molecule has 3 rings (SSSR count). The zero-order valence-electron chi connectivity index (χ0n) is 20.1. The number of hydrogen-bond donors (Lipinski definition) is 1. The first-order valence-electron chi connectivity index (χ1n) is 10.7. The number of halogens is 3. The van der Waals surface area contributed by atoms with Gasteiger partial charge in [-0.15, -0.1) is 0 Å². The van der Waals surface area contributed by atoms with Crippen LogP contribution >= 0.6 is 23.2 Å². The lowest BCUT2D eigenvalue weighted by Gasteiger charge is -2.41. The minimum Gasteiger partial charge on any atom is -0.503 e. The number of hydrogen-bond acceptors (Lipinski definition) is 4. The molecule has 0 aliphatic heterocycles. The Hall–Kier alpha value is -3.03. The number of nitrogens with zero attached hydrogens (tertiary/aromatic N) is 2. The van der Waals surface area contributed by atoms with Crippen molar-refractivity contribution in [1.82, 2.24) is 4.98 Å². The monoisotopic (exact) mass is 523 g/mol. The van der Waals surface area contributed by atoms with Gasteiger partial charge in [0.1, 0.15) is 21.5 Å². The summed E-state index contributed by atoms with van der Waals surface area (Å²) in [6.45, 7) is 5.31. The van der Waals surface area contributed by atoms with Crippen LogP contribution in [0.15, 0.2) is 48.7 Å². The van der Waals surface area contributed by atoms with Crippen molar-refractivity contribution in [3.63, 3.8) is 0 Å². The molecule has 0 spiro atoms. The molecule has 0 bridgehead atoms. The van der Waals surface area contributed by atoms with Gasteiger partial charge in [0, 0.05) is 40.4 Å². The number of amides is 2. The van der Waals surface area contributed by atoms with Crippen LogP contribution < -0.4 is 15.4 Å². The van der Waals surface area contributed by atoms with Crippen molar-refractivity contribution in [2.45, 2.75) is 26.2 Å². The fourth-order valence-corrected chi connectivity index (χ4v) is 3.58. The highest BCUT2D eigenvalue weighted by Crippen LogP contribution is 2.39. The van der Waals surface area contributed by atoms with Crippen molar-refractivity contribution in [3.8, 4) is 16.9 Å². The molecule has 0 saturated carbocycles. The number of carbonyl (C=O) groups is 2. The molecule has 3 aromatic rings. The van der Waals surface area contributed by atoms with E-state index in [9.17, 15) is 14.0 Å². The van der Waals surface area contributed by atoms with Crippen molar-refractivity contribution in [2.75, 3.05) is 11.9 Å². The summed E-state index contributed by atoms with van der Waals surface area (Å²) in [6, 6.07) is 9.94. The predicted octanol–water partition coefficient (Wildman–Crippen LogP) is 4.99. The number of benzene rings is 2. The van der Waals surface area contributed by atoms with Gasteiger partial charge in [0.25, 0.3) is 5.91 Å². The van der Waals surface area contributed by atoms with Gasteiger partial charge in [-0.2, -0.15) is 0 Å². The van der Waals surface area contributed by atoms with Crippen LogP contribution in [-0.4, -0.2) is 44.9 Å². The third-order valence-electron chi connectivity index (χ3n) is 5.64. The largest absolute Gasteiger partial charge is 0.503 e. The average Bonchev–Trinajstić information content (AvgIpc) is 2.77. The molecule has 4 radical (unpaired) electrons. The molecule has 1 aromatic heterocycles. The second-order valence-corrected chi connectivity index (χ2v) is 10.0. The number of aromatic nitrogens is 1. The van der Waals surface area contributed by atoms with Gasteiger partial charge >= 0.3 is 0 Å². The minimum atomic E-state index is -1.71. The second-order valence-electron chi connectivity index (χ2n) is 9.21. The average molecular weight is 524 g/mol. The van der Waals surface area contributed by atoms with E-state index in [-0.39, 0.29) is 27.7 Å². The van der Waals surface area contributed by atoms with E-state index in [4.69, 9.17) is 49.4 Å². The van der Waals surface area contributed by atoms with Crippen molar-refractivity contribution in [1.29, 1.82) is 0 Å². The molecule has 2 amide bonds. The van der Waals surface area contributed by atoms with Gasteiger partial charge in [-0.05, 0) is 41.8 Å². The Kier molecular flexibility index (Phi) is 7.77. The number of rotatable bonds is 6. The SMILES string of the molecule is [B]C([B])(Oc1cc(-c2cc(C(N)=O)ccc2Cl)cnc1N(C)C(=O)c1c(F)cccc1Cl)C(C)(C)C. The summed E-state index contributed by atoms with van der Waals surface area (Å²) in [5.74, 6) is -2.20. The smallest absolute Gasteiger partial charge is 0.263 e. The molecule has 11 heteroatoms. The quantitative estimate of drug-likeness (QED) is 0.461. The topological polar surface area (TPSA) is 85.5 Å². The Balaban J connectivity index is 2.18. The van der Waals surface area contributed by atoms with Crippen LogP contribution in [0.5, 0.6) is 5.75 Å². The number of carbonyl (C=O) groups excluding carboxylic acids is 2. The first-order valence-corrected chi connectivity index (χ1v) is 11.5. The molecule has 2 aromatic carbocycles. The maximum absolute atomic E-state index is 14.5. The van der Waals surface area contributed by atoms with Gasteiger partial charge in [0.2, 0.25) is 5.91 Å². The molecule has 2 N–H and O–H groups in total. The summed E-state index contributed by atoms with van der Waals surface area (Å²) in [6.07, 6.45) is 1.41. The molecule has 0 fully saturated rings. The van der Waals surface area contributed by atoms with E-state index < -0.39 is 28.4 Å². The number of ether oxygens (including phenoxy) is 1. The Morgan fingerprint density at radius 1 is 1.08 bits per heavy atom. The van der Waals surface area contributed by atoms with E-state index in [1.54, 1.807) is 20.8 Å². The fraction of sp³-hybridized carbons (Fsp3) is 0.240. The van der Waals surface area contributed by atoms with E-state index in [0.717, 1.165) is 11.0 Å². The molecule has 0 saturated heterocycles. The Bertz CT molecular complexity index is 1330. The minimum absolute atomic E-state index is 0.00484. The summed E-state index contributed by atoms with van der Waals surface area (Å²) >= 11 is 12.5. The molecule has 1 heterocycles. The van der Waals surface area contributed by atoms with Crippen molar-refractivity contribution >= 4 is 56.5 Å². The Labute approximate surface area is 221 Å². The highest BCUT2D eigenvalue weighted by Gasteiger charge is 2.35. The first-order chi connectivity index (χ1) is 16.6. The number of anilines is 1. The van der Waals surface area contributed by atoms with Crippen LogP contribution in [0, 0.1) is 11.2 Å². The first kappa shape index (κ1) is 27.6. The van der Waals surface area contributed by atoms with Gasteiger partial charge in [0.05, 0.1) is 10.6 Å². The van der Waals surface area contributed by atoms with E-state index in [1.165, 1.54) is 49.6 Å². The second kappa shape index (κ2) is 10.1. The molecule has 0 atom stereocenters. The number of pyridine rings is 1. The number of nitrogens with two attached hydrogens (primary N) is 1. The van der Waals surface area contributed by atoms with Gasteiger partial charge in [-0.1, -0.05) is 50.0 Å². The zero-order chi connectivity index (χ0) is 27.0. The maximum Gasteiger partial charge on any atom is 0.263 e. The highest BCUT2D eigenvalue weighted by atomic mass is 35.5. The summed E-state index contributed by atoms with van der Waals surface area (Å²) < 4.78 is 20.4. The van der Waals surface area contributed by atoms with Gasteiger partial charge in [-0.3, -0.25) is 14.5 Å². The van der Waals surface area contributed by atoms with Crippen molar-refractivity contribution < 1.29 is 18.7 Å². The molecule has 36 heavy (non-hydrogen) atoms. The van der Waals surface area contributed by atoms with Crippen LogP contribution in [0.3, 0.4) is 0 Å². The van der Waals surface area contributed by atoms with E-state index >= 15 is 0 Å². The molecule has 0 aliphatic carbocycles. The number of primary amides is 1. The molecular weight excluding hydrogens is 502 g/mol. The van der Waals surface area contributed by atoms with Gasteiger partial charge < -0.3 is 10.5 Å². The molecule has 6 nitrogen and oxygen atoms in total. The lowest BCUT2D eigenvalue weighted by molar-refractivity contribution is 0.0979. The maximum atomic E-state index is 14.5. The van der Waals surface area contributed by atoms with Gasteiger partial charge in [0.15, 0.2) is 11.6 Å². The molecule has 0 aliphatic rings. The Morgan fingerprint density at radius 3 is 2.33 bits per heavy atom. The Morgan fingerprint density at radius 2 is 1.75 bits per heavy atom. The fourth-order valence-electron chi connectivity index (χ4n) is 3.11. The summed E-state index contributed by atoms with van der Waals surface area (Å²) in [5, 5.41) is -1.46. The summed E-state index contributed by atoms with van der Waals surface area (Å²) in [5.41, 5.74) is 5.41. The van der Waals surface area contributed by atoms with Crippen molar-refractivity contribution in [3.05, 3.63) is 75.7 Å². The normalized spacial score (nSPS) is 11.8. The molecular formula is C25H22B2Cl2FN3O3. The predicted molar refractivity (Wildman–Crippen MR) is 142 cm³/mol. The van der Waals surface area contributed by atoms with Crippen LogP contribution in [0.25, 0.3) is 11.1 Å². The van der Waals surface area contributed by atoms with Crippen LogP contribution in [0.4, 0.5) is 10.2 Å². The lowest BCUT2D eigenvalue weighted by atomic mass is 9.52. The van der Waals surface area contributed by atoms with Crippen molar-refractivity contribution in [2.24, 2.45) is 11.1 Å². The summed E-state index contributed by atoms with van der Waals surface area (Å²) in [4.78, 5) is 30.3. The van der Waals surface area contributed by atoms with E-state index in [2.05, 4.69) is 4.98 Å². The van der Waals surface area contributed by atoms with E-state index in [0.29, 0.717) is 16.1 Å². The summed E-state index contributed by atoms with van der Waals surface area (Å²) in [7, 11) is 13.9. The molecule has 182 valence electrons. The van der Waals surface area contributed by atoms with Crippen LogP contribution in [0.1, 0.15) is 41.5 Å². The van der Waals surface area contributed by atoms with E-state index in [1.807, 2.05) is 0 Å². The third kappa shape index (κ3) is 5.52.